The number of benzene rings is 2. The molecule has 3 rings (SSSR count). The van der Waals surface area contributed by atoms with Gasteiger partial charge in [-0.1, -0.05) is 57.9 Å². The fourth-order valence-corrected chi connectivity index (χ4v) is 2.84. The molecule has 0 fully saturated rings. The van der Waals surface area contributed by atoms with Crippen LogP contribution in [-0.4, -0.2) is 4.98 Å². The van der Waals surface area contributed by atoms with Crippen LogP contribution < -0.4 is 5.32 Å². The van der Waals surface area contributed by atoms with Gasteiger partial charge in [-0.05, 0) is 30.2 Å². The Kier molecular flexibility index (Phi) is 4.32. The molecule has 0 bridgehead atoms. The van der Waals surface area contributed by atoms with Crippen molar-refractivity contribution in [3.8, 4) is 0 Å². The Labute approximate surface area is 133 Å². The van der Waals surface area contributed by atoms with Gasteiger partial charge in [0, 0.05) is 29.1 Å². The second-order valence-electron chi connectivity index (χ2n) is 5.20. The maximum atomic E-state index is 4.51. The van der Waals surface area contributed by atoms with Crippen molar-refractivity contribution in [2.75, 3.05) is 0 Å². The number of nitrogens with zero attached hydrogens (tertiary/aromatic N) is 1. The van der Waals surface area contributed by atoms with Crippen LogP contribution in [0.25, 0.3) is 10.9 Å². The molecule has 21 heavy (non-hydrogen) atoms. The van der Waals surface area contributed by atoms with E-state index in [0.29, 0.717) is 0 Å². The van der Waals surface area contributed by atoms with Gasteiger partial charge < -0.3 is 5.32 Å². The van der Waals surface area contributed by atoms with Gasteiger partial charge in [0.25, 0.3) is 0 Å². The highest BCUT2D eigenvalue weighted by molar-refractivity contribution is 9.10. The summed E-state index contributed by atoms with van der Waals surface area (Å²) in [6, 6.07) is 16.9. The molecule has 0 aliphatic carbocycles. The van der Waals surface area contributed by atoms with E-state index in [2.05, 4.69) is 75.6 Å². The summed E-state index contributed by atoms with van der Waals surface area (Å²) in [5.41, 5.74) is 4.88. The van der Waals surface area contributed by atoms with Crippen molar-refractivity contribution in [2.24, 2.45) is 0 Å². The lowest BCUT2D eigenvalue weighted by Crippen LogP contribution is -2.13. The van der Waals surface area contributed by atoms with Crippen LogP contribution in [0.3, 0.4) is 0 Å². The van der Waals surface area contributed by atoms with Crippen LogP contribution in [0.4, 0.5) is 0 Å². The molecule has 0 spiro atoms. The molecule has 2 nitrogen and oxygen atoms in total. The van der Waals surface area contributed by atoms with Crippen LogP contribution in [0.1, 0.15) is 16.7 Å². The number of halogens is 1. The molecule has 0 saturated carbocycles. The molecule has 0 aliphatic heterocycles. The maximum Gasteiger partial charge on any atom is 0.0758 e. The summed E-state index contributed by atoms with van der Waals surface area (Å²) in [5, 5.41) is 4.65. The number of fused-ring (bicyclic) bond motifs is 1. The number of rotatable bonds is 4. The van der Waals surface area contributed by atoms with E-state index in [1.807, 2.05) is 12.3 Å². The summed E-state index contributed by atoms with van der Waals surface area (Å²) < 4.78 is 1.09. The Morgan fingerprint density at radius 2 is 1.81 bits per heavy atom. The molecule has 2 aromatic carbocycles. The lowest BCUT2D eigenvalue weighted by atomic mass is 10.1. The molecule has 3 aromatic rings. The van der Waals surface area contributed by atoms with Crippen molar-refractivity contribution in [2.45, 2.75) is 20.0 Å². The summed E-state index contributed by atoms with van der Waals surface area (Å²) in [6.07, 6.45) is 1.85. The monoisotopic (exact) mass is 340 g/mol. The molecule has 0 atom stereocenters. The van der Waals surface area contributed by atoms with Crippen molar-refractivity contribution in [3.05, 3.63) is 75.9 Å². The minimum atomic E-state index is 0.814. The van der Waals surface area contributed by atoms with E-state index in [1.165, 1.54) is 16.7 Å². The maximum absolute atomic E-state index is 4.51. The highest BCUT2D eigenvalue weighted by Gasteiger charge is 2.05. The number of hydrogen-bond acceptors (Lipinski definition) is 2. The number of pyridine rings is 1. The van der Waals surface area contributed by atoms with E-state index in [9.17, 15) is 0 Å². The van der Waals surface area contributed by atoms with Gasteiger partial charge in [0.1, 0.15) is 0 Å². The molecule has 0 amide bonds. The molecule has 1 N–H and O–H groups in total. The first-order valence-electron chi connectivity index (χ1n) is 7.02. The van der Waals surface area contributed by atoms with Crippen molar-refractivity contribution in [3.63, 3.8) is 0 Å². The van der Waals surface area contributed by atoms with Crippen molar-refractivity contribution < 1.29 is 0 Å². The van der Waals surface area contributed by atoms with Crippen LogP contribution in [-0.2, 0) is 13.1 Å². The molecule has 1 aromatic heterocycles. The average Bonchev–Trinajstić information content (AvgIpc) is 2.52. The first-order valence-corrected chi connectivity index (χ1v) is 7.82. The number of nitrogens with one attached hydrogen (secondary N) is 1. The van der Waals surface area contributed by atoms with Crippen molar-refractivity contribution in [1.82, 2.24) is 10.3 Å². The van der Waals surface area contributed by atoms with Gasteiger partial charge in [0.05, 0.1) is 5.52 Å². The topological polar surface area (TPSA) is 24.9 Å². The highest BCUT2D eigenvalue weighted by Crippen LogP contribution is 2.25. The van der Waals surface area contributed by atoms with Crippen molar-refractivity contribution in [1.29, 1.82) is 0 Å². The molecule has 106 valence electrons. The van der Waals surface area contributed by atoms with Crippen LogP contribution in [0.5, 0.6) is 0 Å². The Morgan fingerprint density at radius 1 is 1.00 bits per heavy atom. The number of aromatic nitrogens is 1. The zero-order valence-electron chi connectivity index (χ0n) is 11.9. The van der Waals surface area contributed by atoms with Crippen LogP contribution in [0.15, 0.2) is 59.2 Å². The quantitative estimate of drug-likeness (QED) is 0.750. The van der Waals surface area contributed by atoms with Gasteiger partial charge in [0.2, 0.25) is 0 Å². The third kappa shape index (κ3) is 3.31. The Bertz CT molecular complexity index is 751. The first kappa shape index (κ1) is 14.2. The minimum Gasteiger partial charge on any atom is -0.309 e. The molecule has 1 heterocycles. The van der Waals surface area contributed by atoms with Crippen LogP contribution in [0, 0.1) is 6.92 Å². The van der Waals surface area contributed by atoms with Gasteiger partial charge in [-0.3, -0.25) is 4.98 Å². The third-order valence-corrected chi connectivity index (χ3v) is 4.26. The number of hydrogen-bond donors (Lipinski definition) is 1. The van der Waals surface area contributed by atoms with Crippen molar-refractivity contribution >= 4 is 26.8 Å². The lowest BCUT2D eigenvalue weighted by molar-refractivity contribution is 0.695. The van der Waals surface area contributed by atoms with Crippen LogP contribution in [0.2, 0.25) is 0 Å². The summed E-state index contributed by atoms with van der Waals surface area (Å²) in [7, 11) is 0. The molecular weight excluding hydrogens is 324 g/mol. The summed E-state index contributed by atoms with van der Waals surface area (Å²) in [6.45, 7) is 3.79. The standard InChI is InChI=1S/C18H17BrN2/c1-13-4-6-14(7-5-13)11-20-12-15-8-9-17(19)16-3-2-10-21-18(15)16/h2-10,20H,11-12H2,1H3. The Balaban J connectivity index is 1.74. The van der Waals surface area contributed by atoms with Gasteiger partial charge in [0.15, 0.2) is 0 Å². The highest BCUT2D eigenvalue weighted by atomic mass is 79.9. The summed E-state index contributed by atoms with van der Waals surface area (Å²) >= 11 is 3.58. The predicted molar refractivity (Wildman–Crippen MR) is 91.2 cm³/mol. The Morgan fingerprint density at radius 3 is 2.62 bits per heavy atom. The average molecular weight is 341 g/mol. The third-order valence-electron chi connectivity index (χ3n) is 3.57. The number of aryl methyl sites for hydroxylation is 1. The molecule has 0 radical (unpaired) electrons. The van der Waals surface area contributed by atoms with E-state index in [-0.39, 0.29) is 0 Å². The molecule has 0 unspecified atom stereocenters. The lowest BCUT2D eigenvalue weighted by Gasteiger charge is -2.09. The smallest absolute Gasteiger partial charge is 0.0758 e. The normalized spacial score (nSPS) is 11.0. The SMILES string of the molecule is Cc1ccc(CNCc2ccc(Br)c3cccnc23)cc1. The van der Waals surface area contributed by atoms with E-state index < -0.39 is 0 Å². The second kappa shape index (κ2) is 6.37. The zero-order chi connectivity index (χ0) is 14.7. The van der Waals surface area contributed by atoms with Gasteiger partial charge >= 0.3 is 0 Å². The largest absolute Gasteiger partial charge is 0.309 e. The first-order chi connectivity index (χ1) is 10.2. The zero-order valence-corrected chi connectivity index (χ0v) is 13.5. The minimum absolute atomic E-state index is 0.814. The fourth-order valence-electron chi connectivity index (χ4n) is 2.39. The predicted octanol–water partition coefficient (Wildman–Crippen LogP) is 4.60. The fraction of sp³-hybridized carbons (Fsp3) is 0.167. The molecule has 0 saturated heterocycles. The van der Waals surface area contributed by atoms with E-state index in [0.717, 1.165) is 28.5 Å². The van der Waals surface area contributed by atoms with E-state index >= 15 is 0 Å². The molecular formula is C18H17BrN2. The van der Waals surface area contributed by atoms with Gasteiger partial charge in [-0.15, -0.1) is 0 Å². The van der Waals surface area contributed by atoms with E-state index in [4.69, 9.17) is 0 Å². The molecule has 3 heteroatoms. The van der Waals surface area contributed by atoms with Crippen LogP contribution >= 0.6 is 15.9 Å². The second-order valence-corrected chi connectivity index (χ2v) is 6.05. The van der Waals surface area contributed by atoms with Gasteiger partial charge in [-0.25, -0.2) is 0 Å². The summed E-state index contributed by atoms with van der Waals surface area (Å²) in [4.78, 5) is 4.51. The summed E-state index contributed by atoms with van der Waals surface area (Å²) in [5.74, 6) is 0. The Hall–Kier alpha value is -1.71. The van der Waals surface area contributed by atoms with Gasteiger partial charge in [-0.2, -0.15) is 0 Å². The molecule has 0 aliphatic rings. The van der Waals surface area contributed by atoms with E-state index in [1.54, 1.807) is 0 Å².